The van der Waals surface area contributed by atoms with E-state index in [1.165, 1.54) is 5.56 Å². The summed E-state index contributed by atoms with van der Waals surface area (Å²) in [6.45, 7) is 4.49. The van der Waals surface area contributed by atoms with E-state index in [0.29, 0.717) is 12.5 Å². The van der Waals surface area contributed by atoms with Gasteiger partial charge in [-0.25, -0.2) is 0 Å². The minimum atomic E-state index is -0.243. The summed E-state index contributed by atoms with van der Waals surface area (Å²) in [6, 6.07) is 10.2. The number of aliphatic hydroxyl groups excluding tert-OH is 1. The van der Waals surface area contributed by atoms with Gasteiger partial charge in [0.2, 0.25) is 5.91 Å². The molecular formula is C15H21NO2. The molecule has 1 saturated carbocycles. The van der Waals surface area contributed by atoms with Gasteiger partial charge in [0.15, 0.2) is 0 Å². The molecule has 2 atom stereocenters. The van der Waals surface area contributed by atoms with Crippen LogP contribution in [0.2, 0.25) is 0 Å². The van der Waals surface area contributed by atoms with Crippen LogP contribution in [-0.2, 0) is 4.79 Å². The molecule has 1 amide bonds. The molecular weight excluding hydrogens is 226 g/mol. The predicted octanol–water partition coefficient (Wildman–Crippen LogP) is 1.92. The van der Waals surface area contributed by atoms with Crippen LogP contribution in [0.1, 0.15) is 31.7 Å². The molecule has 3 heteroatoms. The summed E-state index contributed by atoms with van der Waals surface area (Å²) in [7, 11) is 0. The molecule has 0 radical (unpaired) electrons. The van der Waals surface area contributed by atoms with Crippen LogP contribution in [0, 0.1) is 11.3 Å². The lowest BCUT2D eigenvalue weighted by molar-refractivity contribution is -0.122. The number of rotatable bonds is 5. The second-order valence-electron chi connectivity index (χ2n) is 5.90. The highest BCUT2D eigenvalue weighted by Gasteiger charge is 2.43. The molecule has 0 aromatic heterocycles. The third kappa shape index (κ3) is 3.10. The Kier molecular flexibility index (Phi) is 3.71. The van der Waals surface area contributed by atoms with Gasteiger partial charge in [0.05, 0.1) is 0 Å². The van der Waals surface area contributed by atoms with Gasteiger partial charge in [-0.3, -0.25) is 4.79 Å². The van der Waals surface area contributed by atoms with Crippen molar-refractivity contribution >= 4 is 5.91 Å². The molecule has 0 bridgehead atoms. The molecule has 98 valence electrons. The van der Waals surface area contributed by atoms with Gasteiger partial charge in [0, 0.05) is 24.5 Å². The van der Waals surface area contributed by atoms with Crippen LogP contribution in [0.3, 0.4) is 0 Å². The molecule has 0 heterocycles. The Hall–Kier alpha value is -1.35. The molecule has 0 spiro atoms. The molecule has 3 nitrogen and oxygen atoms in total. The van der Waals surface area contributed by atoms with Crippen molar-refractivity contribution in [3.8, 4) is 0 Å². The van der Waals surface area contributed by atoms with Crippen molar-refractivity contribution in [3.05, 3.63) is 35.9 Å². The van der Waals surface area contributed by atoms with Gasteiger partial charge >= 0.3 is 0 Å². The smallest absolute Gasteiger partial charge is 0.223 e. The first-order chi connectivity index (χ1) is 8.53. The van der Waals surface area contributed by atoms with Gasteiger partial charge in [-0.05, 0) is 17.9 Å². The fourth-order valence-electron chi connectivity index (χ4n) is 2.07. The maximum absolute atomic E-state index is 12.0. The summed E-state index contributed by atoms with van der Waals surface area (Å²) in [6.07, 6.45) is 0.940. The van der Waals surface area contributed by atoms with E-state index < -0.39 is 0 Å². The molecule has 2 N–H and O–H groups in total. The van der Waals surface area contributed by atoms with Crippen molar-refractivity contribution in [2.24, 2.45) is 11.3 Å². The van der Waals surface area contributed by atoms with Crippen LogP contribution in [0.25, 0.3) is 0 Å². The van der Waals surface area contributed by atoms with Crippen LogP contribution < -0.4 is 5.32 Å². The van der Waals surface area contributed by atoms with Crippen molar-refractivity contribution < 1.29 is 9.90 Å². The summed E-state index contributed by atoms with van der Waals surface area (Å²) in [5.41, 5.74) is 1.01. The molecule has 0 saturated heterocycles. The SMILES string of the molecule is CC(C)(CO)CNC(=O)C1CC1c1ccccc1. The maximum Gasteiger partial charge on any atom is 0.223 e. The van der Waals surface area contributed by atoms with Gasteiger partial charge in [-0.2, -0.15) is 0 Å². The second-order valence-corrected chi connectivity index (χ2v) is 5.90. The number of carbonyl (C=O) groups excluding carboxylic acids is 1. The van der Waals surface area contributed by atoms with Crippen LogP contribution in [-0.4, -0.2) is 24.2 Å². The second kappa shape index (κ2) is 5.11. The Labute approximate surface area is 108 Å². The Morgan fingerprint density at radius 1 is 1.39 bits per heavy atom. The number of amides is 1. The lowest BCUT2D eigenvalue weighted by Crippen LogP contribution is -2.37. The molecule has 0 aliphatic heterocycles. The predicted molar refractivity (Wildman–Crippen MR) is 71.2 cm³/mol. The van der Waals surface area contributed by atoms with Gasteiger partial charge in [0.1, 0.15) is 0 Å². The third-order valence-electron chi connectivity index (χ3n) is 3.52. The zero-order valence-corrected chi connectivity index (χ0v) is 11.0. The molecule has 2 rings (SSSR count). The van der Waals surface area contributed by atoms with E-state index in [1.54, 1.807) is 0 Å². The average molecular weight is 247 g/mol. The zero-order valence-electron chi connectivity index (χ0n) is 11.0. The summed E-state index contributed by atoms with van der Waals surface area (Å²) >= 11 is 0. The van der Waals surface area contributed by atoms with E-state index in [9.17, 15) is 4.79 Å². The van der Waals surface area contributed by atoms with Gasteiger partial charge < -0.3 is 10.4 Å². The fraction of sp³-hybridized carbons (Fsp3) is 0.533. The standard InChI is InChI=1S/C15H21NO2/c1-15(2,10-17)9-16-14(18)13-8-12(13)11-6-4-3-5-7-11/h3-7,12-13,17H,8-10H2,1-2H3,(H,16,18). The number of nitrogens with one attached hydrogen (secondary N) is 1. The summed E-state index contributed by atoms with van der Waals surface area (Å²) in [5.74, 6) is 0.607. The molecule has 18 heavy (non-hydrogen) atoms. The lowest BCUT2D eigenvalue weighted by atomic mass is 9.95. The van der Waals surface area contributed by atoms with Gasteiger partial charge in [-0.1, -0.05) is 44.2 Å². The first kappa shape index (κ1) is 13.1. The van der Waals surface area contributed by atoms with Gasteiger partial charge in [0.25, 0.3) is 0 Å². The Balaban J connectivity index is 1.83. The van der Waals surface area contributed by atoms with Crippen LogP contribution in [0.15, 0.2) is 30.3 Å². The first-order valence-corrected chi connectivity index (χ1v) is 6.47. The number of hydrogen-bond donors (Lipinski definition) is 2. The van der Waals surface area contributed by atoms with Crippen LogP contribution in [0.4, 0.5) is 0 Å². The normalized spacial score (nSPS) is 22.6. The van der Waals surface area contributed by atoms with E-state index in [4.69, 9.17) is 5.11 Å². The molecule has 2 unspecified atom stereocenters. The highest BCUT2D eigenvalue weighted by atomic mass is 16.3. The first-order valence-electron chi connectivity index (χ1n) is 6.47. The summed E-state index contributed by atoms with van der Waals surface area (Å²) in [4.78, 5) is 12.0. The zero-order chi connectivity index (χ0) is 13.2. The maximum atomic E-state index is 12.0. The van der Waals surface area contributed by atoms with Crippen LogP contribution in [0.5, 0.6) is 0 Å². The van der Waals surface area contributed by atoms with E-state index >= 15 is 0 Å². The number of benzene rings is 1. The molecule has 1 aromatic rings. The number of aliphatic hydroxyl groups is 1. The van der Waals surface area contributed by atoms with Crippen molar-refractivity contribution in [3.63, 3.8) is 0 Å². The van der Waals surface area contributed by atoms with Crippen molar-refractivity contribution in [2.45, 2.75) is 26.2 Å². The molecule has 1 aliphatic carbocycles. The largest absolute Gasteiger partial charge is 0.396 e. The average Bonchev–Trinajstić information content (AvgIpc) is 3.17. The number of hydrogen-bond acceptors (Lipinski definition) is 2. The van der Waals surface area contributed by atoms with E-state index in [1.807, 2.05) is 32.0 Å². The Morgan fingerprint density at radius 2 is 2.06 bits per heavy atom. The van der Waals surface area contributed by atoms with E-state index in [2.05, 4.69) is 17.4 Å². The number of carbonyl (C=O) groups is 1. The summed E-state index contributed by atoms with van der Waals surface area (Å²) < 4.78 is 0. The summed E-state index contributed by atoms with van der Waals surface area (Å²) in [5, 5.41) is 12.1. The van der Waals surface area contributed by atoms with Crippen molar-refractivity contribution in [1.82, 2.24) is 5.32 Å². The van der Waals surface area contributed by atoms with E-state index in [0.717, 1.165) is 6.42 Å². The van der Waals surface area contributed by atoms with E-state index in [-0.39, 0.29) is 23.8 Å². The monoisotopic (exact) mass is 247 g/mol. The highest BCUT2D eigenvalue weighted by molar-refractivity contribution is 5.82. The quantitative estimate of drug-likeness (QED) is 0.835. The fourth-order valence-corrected chi connectivity index (χ4v) is 2.07. The van der Waals surface area contributed by atoms with Crippen LogP contribution >= 0.6 is 0 Å². The van der Waals surface area contributed by atoms with Crippen molar-refractivity contribution in [2.75, 3.05) is 13.2 Å². The third-order valence-corrected chi connectivity index (χ3v) is 3.52. The highest BCUT2D eigenvalue weighted by Crippen LogP contribution is 2.47. The Morgan fingerprint density at radius 3 is 2.67 bits per heavy atom. The Bertz CT molecular complexity index is 414. The lowest BCUT2D eigenvalue weighted by Gasteiger charge is -2.21. The minimum Gasteiger partial charge on any atom is -0.396 e. The molecule has 1 aromatic carbocycles. The van der Waals surface area contributed by atoms with Gasteiger partial charge in [-0.15, -0.1) is 0 Å². The molecule has 1 aliphatic rings. The topological polar surface area (TPSA) is 49.3 Å². The molecule has 1 fully saturated rings. The van der Waals surface area contributed by atoms with Crippen molar-refractivity contribution in [1.29, 1.82) is 0 Å². The minimum absolute atomic E-state index is 0.0834.